The lowest BCUT2D eigenvalue weighted by Gasteiger charge is -2.01. The number of hydrogen-bond donors (Lipinski definition) is 1. The van der Waals surface area contributed by atoms with Crippen molar-refractivity contribution in [2.24, 2.45) is 0 Å². The zero-order chi connectivity index (χ0) is 15.2. The van der Waals surface area contributed by atoms with Gasteiger partial charge < -0.3 is 10.1 Å². The van der Waals surface area contributed by atoms with E-state index in [1.807, 2.05) is 18.2 Å². The molecule has 1 heterocycles. The lowest BCUT2D eigenvalue weighted by molar-refractivity contribution is 0.0531. The molecule has 0 amide bonds. The van der Waals surface area contributed by atoms with Crippen LogP contribution in [0.2, 0.25) is 0 Å². The summed E-state index contributed by atoms with van der Waals surface area (Å²) in [5, 5.41) is 3.49. The van der Waals surface area contributed by atoms with Crippen LogP contribution in [0, 0.1) is 6.92 Å². The summed E-state index contributed by atoms with van der Waals surface area (Å²) in [4.78, 5) is 28.4. The summed E-state index contributed by atoms with van der Waals surface area (Å²) >= 11 is 1.20. The van der Waals surface area contributed by atoms with Crippen LogP contribution < -0.4 is 5.32 Å². The van der Waals surface area contributed by atoms with Crippen LogP contribution in [0.1, 0.15) is 32.6 Å². The number of Topliss-reactive ketones (excluding diaryl/α,β-unsaturated/α-hetero) is 1. The number of ketones is 1. The van der Waals surface area contributed by atoms with Crippen molar-refractivity contribution >= 4 is 28.2 Å². The van der Waals surface area contributed by atoms with Gasteiger partial charge in [0.05, 0.1) is 18.8 Å². The van der Waals surface area contributed by atoms with Crippen LogP contribution in [0.25, 0.3) is 0 Å². The third-order valence-corrected chi connectivity index (χ3v) is 3.85. The van der Waals surface area contributed by atoms with E-state index in [0.717, 1.165) is 0 Å². The van der Waals surface area contributed by atoms with Crippen LogP contribution in [0.15, 0.2) is 30.3 Å². The molecule has 6 heteroatoms. The number of anilines is 1. The molecule has 0 radical (unpaired) electrons. The van der Waals surface area contributed by atoms with E-state index in [0.29, 0.717) is 27.9 Å². The molecular formula is C15H16N2O3S. The number of carbonyl (C=O) groups excluding carboxylic acids is 2. The highest BCUT2D eigenvalue weighted by Crippen LogP contribution is 2.23. The molecule has 0 saturated carbocycles. The van der Waals surface area contributed by atoms with Crippen molar-refractivity contribution in [1.82, 2.24) is 4.98 Å². The van der Waals surface area contributed by atoms with Crippen molar-refractivity contribution in [2.75, 3.05) is 18.5 Å². The van der Waals surface area contributed by atoms with E-state index in [2.05, 4.69) is 10.3 Å². The zero-order valence-corrected chi connectivity index (χ0v) is 12.7. The van der Waals surface area contributed by atoms with Gasteiger partial charge in [-0.05, 0) is 13.8 Å². The van der Waals surface area contributed by atoms with E-state index < -0.39 is 0 Å². The Morgan fingerprint density at radius 3 is 2.67 bits per heavy atom. The second-order valence-electron chi connectivity index (χ2n) is 4.30. The summed E-state index contributed by atoms with van der Waals surface area (Å²) in [7, 11) is 0. The number of ether oxygens (including phenoxy) is 1. The Labute approximate surface area is 127 Å². The van der Waals surface area contributed by atoms with Crippen LogP contribution in [0.4, 0.5) is 5.13 Å². The Balaban J connectivity index is 2.00. The summed E-state index contributed by atoms with van der Waals surface area (Å²) in [6.45, 7) is 3.96. The normalized spacial score (nSPS) is 10.2. The largest absolute Gasteiger partial charge is 0.462 e. The fourth-order valence-electron chi connectivity index (χ4n) is 1.74. The van der Waals surface area contributed by atoms with E-state index in [-0.39, 0.29) is 18.3 Å². The Bertz CT molecular complexity index is 638. The van der Waals surface area contributed by atoms with Crippen LogP contribution in [-0.4, -0.2) is 29.9 Å². The smallest absolute Gasteiger partial charge is 0.350 e. The molecule has 0 aliphatic rings. The standard InChI is InChI=1S/C15H16N2O3S/c1-3-20-14(19)13-10(2)17-15(21-13)16-9-12(18)11-7-5-4-6-8-11/h4-8H,3,9H2,1-2H3,(H,16,17). The van der Waals surface area contributed by atoms with Gasteiger partial charge in [0.25, 0.3) is 0 Å². The van der Waals surface area contributed by atoms with E-state index in [4.69, 9.17) is 4.74 Å². The van der Waals surface area contributed by atoms with Crippen molar-refractivity contribution < 1.29 is 14.3 Å². The Morgan fingerprint density at radius 1 is 1.29 bits per heavy atom. The number of thiazole rings is 1. The molecule has 1 aromatic carbocycles. The predicted octanol–water partition coefficient (Wildman–Crippen LogP) is 2.92. The number of benzene rings is 1. The maximum atomic E-state index is 12.0. The fraction of sp³-hybridized carbons (Fsp3) is 0.267. The number of hydrogen-bond acceptors (Lipinski definition) is 6. The summed E-state index contributed by atoms with van der Waals surface area (Å²) in [6, 6.07) is 9.03. The maximum Gasteiger partial charge on any atom is 0.350 e. The molecule has 5 nitrogen and oxygen atoms in total. The molecule has 110 valence electrons. The molecule has 0 spiro atoms. The minimum Gasteiger partial charge on any atom is -0.462 e. The van der Waals surface area contributed by atoms with Gasteiger partial charge in [0.1, 0.15) is 4.88 Å². The lowest BCUT2D eigenvalue weighted by Crippen LogP contribution is -2.13. The van der Waals surface area contributed by atoms with Gasteiger partial charge in [0, 0.05) is 5.56 Å². The minimum atomic E-state index is -0.380. The second-order valence-corrected chi connectivity index (χ2v) is 5.30. The van der Waals surface area contributed by atoms with Crippen LogP contribution >= 0.6 is 11.3 Å². The first kappa shape index (κ1) is 15.2. The van der Waals surface area contributed by atoms with Crippen molar-refractivity contribution in [1.29, 1.82) is 0 Å². The molecule has 0 unspecified atom stereocenters. The molecule has 0 aliphatic carbocycles. The van der Waals surface area contributed by atoms with Crippen molar-refractivity contribution in [3.63, 3.8) is 0 Å². The first-order chi connectivity index (χ1) is 10.1. The van der Waals surface area contributed by atoms with Gasteiger partial charge in [0.2, 0.25) is 0 Å². The van der Waals surface area contributed by atoms with E-state index in [1.165, 1.54) is 11.3 Å². The molecule has 2 rings (SSSR count). The molecule has 0 saturated heterocycles. The highest BCUT2D eigenvalue weighted by Gasteiger charge is 2.16. The number of nitrogens with one attached hydrogen (secondary N) is 1. The van der Waals surface area contributed by atoms with Crippen LogP contribution in [0.5, 0.6) is 0 Å². The molecule has 21 heavy (non-hydrogen) atoms. The highest BCUT2D eigenvalue weighted by atomic mass is 32.1. The monoisotopic (exact) mass is 304 g/mol. The lowest BCUT2D eigenvalue weighted by atomic mass is 10.1. The van der Waals surface area contributed by atoms with E-state index >= 15 is 0 Å². The molecular weight excluding hydrogens is 288 g/mol. The van der Waals surface area contributed by atoms with Gasteiger partial charge >= 0.3 is 5.97 Å². The number of nitrogens with zero attached hydrogens (tertiary/aromatic N) is 1. The van der Waals surface area contributed by atoms with Crippen LogP contribution in [0.3, 0.4) is 0 Å². The van der Waals surface area contributed by atoms with Gasteiger partial charge in [-0.1, -0.05) is 41.7 Å². The van der Waals surface area contributed by atoms with Crippen molar-refractivity contribution in [3.8, 4) is 0 Å². The third kappa shape index (κ3) is 3.88. The fourth-order valence-corrected chi connectivity index (χ4v) is 2.60. The number of aryl methyl sites for hydroxylation is 1. The number of esters is 1. The quantitative estimate of drug-likeness (QED) is 0.656. The average molecular weight is 304 g/mol. The van der Waals surface area contributed by atoms with Crippen molar-refractivity contribution in [2.45, 2.75) is 13.8 Å². The van der Waals surface area contributed by atoms with Gasteiger partial charge in [-0.2, -0.15) is 0 Å². The predicted molar refractivity (Wildman–Crippen MR) is 82.1 cm³/mol. The molecule has 0 aliphatic heterocycles. The topological polar surface area (TPSA) is 68.3 Å². The number of carbonyl (C=O) groups is 2. The highest BCUT2D eigenvalue weighted by molar-refractivity contribution is 7.17. The van der Waals surface area contributed by atoms with Gasteiger partial charge in [-0.15, -0.1) is 0 Å². The Hall–Kier alpha value is -2.21. The molecule has 0 atom stereocenters. The SMILES string of the molecule is CCOC(=O)c1sc(NCC(=O)c2ccccc2)nc1C. The van der Waals surface area contributed by atoms with E-state index in [1.54, 1.807) is 26.0 Å². The number of aromatic nitrogens is 1. The van der Waals surface area contributed by atoms with Gasteiger partial charge in [-0.3, -0.25) is 4.79 Å². The van der Waals surface area contributed by atoms with Gasteiger partial charge in [-0.25, -0.2) is 9.78 Å². The molecule has 2 aromatic rings. The summed E-state index contributed by atoms with van der Waals surface area (Å²) < 4.78 is 4.95. The summed E-state index contributed by atoms with van der Waals surface area (Å²) in [6.07, 6.45) is 0. The second kappa shape index (κ2) is 6.99. The van der Waals surface area contributed by atoms with Gasteiger partial charge in [0.15, 0.2) is 10.9 Å². The Morgan fingerprint density at radius 2 is 2.00 bits per heavy atom. The number of rotatable bonds is 6. The molecule has 0 fully saturated rings. The minimum absolute atomic E-state index is 0.0267. The summed E-state index contributed by atoms with van der Waals surface area (Å²) in [5.74, 6) is -0.406. The first-order valence-corrected chi connectivity index (χ1v) is 7.40. The maximum absolute atomic E-state index is 12.0. The molecule has 1 aromatic heterocycles. The van der Waals surface area contributed by atoms with E-state index in [9.17, 15) is 9.59 Å². The molecule has 0 bridgehead atoms. The zero-order valence-electron chi connectivity index (χ0n) is 11.9. The van der Waals surface area contributed by atoms with Crippen LogP contribution in [-0.2, 0) is 4.74 Å². The molecule has 1 N–H and O–H groups in total. The third-order valence-electron chi connectivity index (χ3n) is 2.75. The average Bonchev–Trinajstić information content (AvgIpc) is 2.87. The van der Waals surface area contributed by atoms with Crippen molar-refractivity contribution in [3.05, 3.63) is 46.5 Å². The Kier molecular flexibility index (Phi) is 5.05. The summed E-state index contributed by atoms with van der Waals surface area (Å²) in [5.41, 5.74) is 1.25. The first-order valence-electron chi connectivity index (χ1n) is 6.58.